The van der Waals surface area contributed by atoms with Gasteiger partial charge in [-0.05, 0) is 61.0 Å². The Morgan fingerprint density at radius 1 is 1.25 bits per heavy atom. The van der Waals surface area contributed by atoms with E-state index in [1.807, 2.05) is 22.1 Å². The summed E-state index contributed by atoms with van der Waals surface area (Å²) in [5, 5.41) is 14.4. The fourth-order valence-electron chi connectivity index (χ4n) is 3.58. The third-order valence-corrected chi connectivity index (χ3v) is 7.16. The Morgan fingerprint density at radius 3 is 2.75 bits per heavy atom. The van der Waals surface area contributed by atoms with Crippen molar-refractivity contribution in [1.82, 2.24) is 25.0 Å². The molecular weight excluding hydrogens is 410 g/mol. The monoisotopic (exact) mass is 433 g/mol. The average Bonchev–Trinajstić information content (AvgIpc) is 3.47. The lowest BCUT2D eigenvalue weighted by Crippen LogP contribution is -2.36. The summed E-state index contributed by atoms with van der Waals surface area (Å²) in [5.41, 5.74) is 0. The molecule has 0 spiro atoms. The van der Waals surface area contributed by atoms with Gasteiger partial charge in [-0.25, -0.2) is 0 Å². The van der Waals surface area contributed by atoms with Gasteiger partial charge in [-0.3, -0.25) is 19.4 Å². The van der Waals surface area contributed by atoms with E-state index in [1.54, 1.807) is 22.7 Å². The summed E-state index contributed by atoms with van der Waals surface area (Å²) < 4.78 is 2.45. The van der Waals surface area contributed by atoms with Crippen molar-refractivity contribution in [1.29, 1.82) is 0 Å². The lowest BCUT2D eigenvalue weighted by atomic mass is 10.2. The lowest BCUT2D eigenvalue weighted by molar-refractivity contribution is -0.121. The Hall–Kier alpha value is -1.81. The number of hydrogen-bond acceptors (Lipinski definition) is 6. The molecule has 3 aromatic rings. The van der Waals surface area contributed by atoms with Gasteiger partial charge in [-0.1, -0.05) is 12.1 Å². The molecular formula is C19H23N5OS3. The first-order valence-corrected chi connectivity index (χ1v) is 11.6. The molecule has 4 heterocycles. The molecule has 1 atom stereocenters. The van der Waals surface area contributed by atoms with E-state index in [-0.39, 0.29) is 11.9 Å². The quantitative estimate of drug-likeness (QED) is 0.526. The van der Waals surface area contributed by atoms with Gasteiger partial charge in [0.15, 0.2) is 10.6 Å². The van der Waals surface area contributed by atoms with Crippen LogP contribution in [0.15, 0.2) is 35.0 Å². The van der Waals surface area contributed by atoms with Crippen LogP contribution in [0.5, 0.6) is 0 Å². The van der Waals surface area contributed by atoms with Gasteiger partial charge < -0.3 is 5.32 Å². The van der Waals surface area contributed by atoms with E-state index >= 15 is 0 Å². The summed E-state index contributed by atoms with van der Waals surface area (Å²) in [5.74, 6) is 0.835. The van der Waals surface area contributed by atoms with Crippen LogP contribution in [0.2, 0.25) is 0 Å². The summed E-state index contributed by atoms with van der Waals surface area (Å²) in [4.78, 5) is 17.4. The zero-order valence-electron chi connectivity index (χ0n) is 15.5. The van der Waals surface area contributed by atoms with E-state index in [1.165, 1.54) is 17.7 Å². The molecule has 1 aliphatic rings. The minimum absolute atomic E-state index is 0.0426. The molecule has 9 heteroatoms. The van der Waals surface area contributed by atoms with Crippen molar-refractivity contribution in [2.24, 2.45) is 0 Å². The molecule has 0 aliphatic carbocycles. The molecule has 0 saturated carbocycles. The lowest BCUT2D eigenvalue weighted by Gasteiger charge is -2.27. The van der Waals surface area contributed by atoms with Crippen LogP contribution < -0.4 is 5.32 Å². The molecule has 0 bridgehead atoms. The van der Waals surface area contributed by atoms with E-state index in [9.17, 15) is 4.79 Å². The Morgan fingerprint density at radius 2 is 2.04 bits per heavy atom. The Balaban J connectivity index is 1.36. The molecule has 148 valence electrons. The highest BCUT2D eigenvalue weighted by atomic mass is 32.1. The number of hydrogen-bond donors (Lipinski definition) is 2. The van der Waals surface area contributed by atoms with Crippen LogP contribution in [0, 0.1) is 4.77 Å². The second kappa shape index (κ2) is 9.13. The van der Waals surface area contributed by atoms with Crippen LogP contribution in [-0.4, -0.2) is 45.2 Å². The topological polar surface area (TPSA) is 66.0 Å². The Bertz CT molecular complexity index is 939. The number of rotatable bonds is 8. The van der Waals surface area contributed by atoms with Gasteiger partial charge in [0.1, 0.15) is 0 Å². The van der Waals surface area contributed by atoms with E-state index in [2.05, 4.69) is 37.9 Å². The molecule has 3 aromatic heterocycles. The van der Waals surface area contributed by atoms with Crippen LogP contribution in [0.1, 0.15) is 30.2 Å². The second-order valence-corrected chi connectivity index (χ2v) is 9.12. The zero-order chi connectivity index (χ0) is 19.3. The number of H-pyrrole nitrogens is 1. The fourth-order valence-corrected chi connectivity index (χ4v) is 5.38. The first-order valence-electron chi connectivity index (χ1n) is 9.45. The Kier molecular flexibility index (Phi) is 6.36. The number of aromatic amines is 1. The number of carbonyl (C=O) groups is 1. The maximum atomic E-state index is 12.5. The van der Waals surface area contributed by atoms with Crippen molar-refractivity contribution in [3.05, 3.63) is 44.7 Å². The number of carbonyl (C=O) groups excluding carboxylic acids is 1. The molecule has 1 aliphatic heterocycles. The van der Waals surface area contributed by atoms with Crippen molar-refractivity contribution in [3.8, 4) is 10.7 Å². The van der Waals surface area contributed by atoms with Crippen molar-refractivity contribution >= 4 is 40.8 Å². The van der Waals surface area contributed by atoms with Gasteiger partial charge in [0.05, 0.1) is 10.9 Å². The highest BCUT2D eigenvalue weighted by Gasteiger charge is 2.24. The summed E-state index contributed by atoms with van der Waals surface area (Å²) in [6.07, 6.45) is 2.85. The molecule has 1 fully saturated rings. The maximum absolute atomic E-state index is 12.5. The van der Waals surface area contributed by atoms with Gasteiger partial charge in [-0.15, -0.1) is 22.7 Å². The summed E-state index contributed by atoms with van der Waals surface area (Å²) in [7, 11) is 0. The predicted octanol–water partition coefficient (Wildman–Crippen LogP) is 4.07. The van der Waals surface area contributed by atoms with Gasteiger partial charge in [0.25, 0.3) is 0 Å². The van der Waals surface area contributed by atoms with E-state index in [4.69, 9.17) is 12.2 Å². The van der Waals surface area contributed by atoms with E-state index in [0.717, 1.165) is 23.8 Å². The summed E-state index contributed by atoms with van der Waals surface area (Å²) in [6, 6.07) is 8.51. The standard InChI is InChI=1S/C19H23N5OS3/c25-17(7-10-24-18(21-22-19(24)26)16-6-4-12-28-16)20-13-14(15-5-3-11-27-15)23-8-1-2-9-23/h3-6,11-12,14H,1-2,7-10,13H2,(H,20,25)(H,22,26). The van der Waals surface area contributed by atoms with Crippen LogP contribution in [0.3, 0.4) is 0 Å². The van der Waals surface area contributed by atoms with Crippen molar-refractivity contribution in [3.63, 3.8) is 0 Å². The van der Waals surface area contributed by atoms with Gasteiger partial charge in [0, 0.05) is 24.4 Å². The maximum Gasteiger partial charge on any atom is 0.221 e. The Labute approximate surface area is 177 Å². The van der Waals surface area contributed by atoms with Crippen LogP contribution in [0.4, 0.5) is 0 Å². The molecule has 0 radical (unpaired) electrons. The smallest absolute Gasteiger partial charge is 0.221 e. The minimum atomic E-state index is 0.0426. The first-order chi connectivity index (χ1) is 13.7. The second-order valence-electron chi connectivity index (χ2n) is 6.81. The molecule has 2 N–H and O–H groups in total. The largest absolute Gasteiger partial charge is 0.354 e. The number of nitrogens with zero attached hydrogens (tertiary/aromatic N) is 3. The molecule has 6 nitrogen and oxygen atoms in total. The van der Waals surface area contributed by atoms with E-state index < -0.39 is 0 Å². The van der Waals surface area contributed by atoms with Crippen LogP contribution in [0.25, 0.3) is 10.7 Å². The number of nitrogens with one attached hydrogen (secondary N) is 2. The molecule has 1 unspecified atom stereocenters. The van der Waals surface area contributed by atoms with Crippen LogP contribution >= 0.6 is 34.9 Å². The first kappa shape index (κ1) is 19.5. The number of likely N-dealkylation sites (tertiary alicyclic amines) is 1. The summed E-state index contributed by atoms with van der Waals surface area (Å²) >= 11 is 8.72. The van der Waals surface area contributed by atoms with Crippen molar-refractivity contribution in [2.45, 2.75) is 31.8 Å². The molecule has 4 rings (SSSR count). The van der Waals surface area contributed by atoms with E-state index in [0.29, 0.717) is 24.3 Å². The molecule has 1 saturated heterocycles. The number of thiophene rings is 2. The number of amides is 1. The van der Waals surface area contributed by atoms with Gasteiger partial charge in [-0.2, -0.15) is 5.10 Å². The minimum Gasteiger partial charge on any atom is -0.354 e. The molecule has 28 heavy (non-hydrogen) atoms. The average molecular weight is 434 g/mol. The highest BCUT2D eigenvalue weighted by molar-refractivity contribution is 7.71. The predicted molar refractivity (Wildman–Crippen MR) is 116 cm³/mol. The normalized spacial score (nSPS) is 15.7. The van der Waals surface area contributed by atoms with Gasteiger partial charge >= 0.3 is 0 Å². The van der Waals surface area contributed by atoms with Crippen LogP contribution in [-0.2, 0) is 11.3 Å². The zero-order valence-corrected chi connectivity index (χ0v) is 17.9. The summed E-state index contributed by atoms with van der Waals surface area (Å²) in [6.45, 7) is 3.37. The fraction of sp³-hybridized carbons (Fsp3) is 0.421. The van der Waals surface area contributed by atoms with Crippen molar-refractivity contribution in [2.75, 3.05) is 19.6 Å². The molecule has 0 aromatic carbocycles. The van der Waals surface area contributed by atoms with Gasteiger partial charge in [0.2, 0.25) is 5.91 Å². The SMILES string of the molecule is O=C(CCn1c(-c2cccs2)n[nH]c1=S)NCC(c1cccs1)N1CCCC1. The number of aromatic nitrogens is 3. The van der Waals surface area contributed by atoms with Crippen molar-refractivity contribution < 1.29 is 4.79 Å². The third kappa shape index (κ3) is 4.43. The highest BCUT2D eigenvalue weighted by Crippen LogP contribution is 2.28. The third-order valence-electron chi connectivity index (χ3n) is 5.01. The molecule has 1 amide bonds.